The van der Waals surface area contributed by atoms with Gasteiger partial charge in [-0.05, 0) is 43.5 Å². The van der Waals surface area contributed by atoms with Gasteiger partial charge >= 0.3 is 5.97 Å². The summed E-state index contributed by atoms with van der Waals surface area (Å²) >= 11 is 1.69. The molecule has 0 aliphatic heterocycles. The summed E-state index contributed by atoms with van der Waals surface area (Å²) < 4.78 is 5.13. The van der Waals surface area contributed by atoms with Gasteiger partial charge in [0, 0.05) is 10.6 Å². The first-order valence-electron chi connectivity index (χ1n) is 7.71. The molecule has 1 unspecified atom stereocenters. The lowest BCUT2D eigenvalue weighted by Gasteiger charge is -2.16. The molecule has 118 valence electrons. The second kappa shape index (κ2) is 9.85. The van der Waals surface area contributed by atoms with Crippen LogP contribution in [-0.2, 0) is 9.53 Å². The molecular formula is C17H27NO2S. The number of hydrogen-bond acceptors (Lipinski definition) is 4. The number of hydrogen-bond donors (Lipinski definition) is 1. The van der Waals surface area contributed by atoms with Gasteiger partial charge in [0.2, 0.25) is 0 Å². The van der Waals surface area contributed by atoms with Gasteiger partial charge in [-0.15, -0.1) is 11.8 Å². The van der Waals surface area contributed by atoms with Crippen LogP contribution < -0.4 is 5.32 Å². The van der Waals surface area contributed by atoms with E-state index < -0.39 is 0 Å². The Balaban J connectivity index is 2.56. The molecule has 1 N–H and O–H groups in total. The number of thioether (sulfide) groups is 1. The van der Waals surface area contributed by atoms with Crippen molar-refractivity contribution in [3.8, 4) is 0 Å². The highest BCUT2D eigenvalue weighted by atomic mass is 32.2. The third-order valence-corrected chi connectivity index (χ3v) is 4.28. The lowest BCUT2D eigenvalue weighted by Crippen LogP contribution is -2.40. The quantitative estimate of drug-likeness (QED) is 0.556. The molecule has 0 heterocycles. The summed E-state index contributed by atoms with van der Waals surface area (Å²) in [7, 11) is 0. The predicted octanol–water partition coefficient (Wildman–Crippen LogP) is 3.83. The molecule has 0 spiro atoms. The molecule has 0 bridgehead atoms. The number of carbonyl (C=O) groups is 1. The average Bonchev–Trinajstić information content (AvgIpc) is 2.48. The average molecular weight is 309 g/mol. The molecule has 0 aliphatic carbocycles. The summed E-state index contributed by atoms with van der Waals surface area (Å²) in [4.78, 5) is 13.1. The highest BCUT2D eigenvalue weighted by molar-refractivity contribution is 7.99. The van der Waals surface area contributed by atoms with Gasteiger partial charge in [0.25, 0.3) is 0 Å². The molecule has 0 saturated carbocycles. The Hall–Kier alpha value is -1.00. The monoisotopic (exact) mass is 309 g/mol. The molecule has 1 rings (SSSR count). The fourth-order valence-corrected chi connectivity index (χ4v) is 2.84. The standard InChI is InChI=1S/C17H27NO2S/c1-5-11-18-16(17(19)20-6-2)12-21-15-9-7-14(8-10-15)13(3)4/h7-10,13,16,18H,5-6,11-12H2,1-4H3. The van der Waals surface area contributed by atoms with Gasteiger partial charge in [0.15, 0.2) is 0 Å². The summed E-state index contributed by atoms with van der Waals surface area (Å²) in [6.07, 6.45) is 1.00. The van der Waals surface area contributed by atoms with E-state index in [1.165, 1.54) is 10.5 Å². The van der Waals surface area contributed by atoms with Crippen LogP contribution in [0.4, 0.5) is 0 Å². The normalized spacial score (nSPS) is 12.4. The Morgan fingerprint density at radius 3 is 2.43 bits per heavy atom. The van der Waals surface area contributed by atoms with E-state index in [0.717, 1.165) is 13.0 Å². The van der Waals surface area contributed by atoms with Crippen LogP contribution in [-0.4, -0.2) is 30.9 Å². The van der Waals surface area contributed by atoms with Crippen molar-refractivity contribution in [3.63, 3.8) is 0 Å². The molecule has 0 amide bonds. The molecule has 1 aromatic rings. The van der Waals surface area contributed by atoms with Gasteiger partial charge in [-0.3, -0.25) is 4.79 Å². The largest absolute Gasteiger partial charge is 0.465 e. The van der Waals surface area contributed by atoms with Crippen molar-refractivity contribution in [2.24, 2.45) is 0 Å². The lowest BCUT2D eigenvalue weighted by molar-refractivity contribution is -0.144. The number of ether oxygens (including phenoxy) is 1. The van der Waals surface area contributed by atoms with Gasteiger partial charge < -0.3 is 10.1 Å². The Bertz CT molecular complexity index is 417. The van der Waals surface area contributed by atoms with Crippen LogP contribution in [0.5, 0.6) is 0 Å². The van der Waals surface area contributed by atoms with E-state index in [-0.39, 0.29) is 12.0 Å². The van der Waals surface area contributed by atoms with Gasteiger partial charge in [-0.2, -0.15) is 0 Å². The molecule has 3 nitrogen and oxygen atoms in total. The molecule has 0 aliphatic rings. The maximum atomic E-state index is 11.9. The first-order chi connectivity index (χ1) is 10.1. The number of esters is 1. The zero-order valence-electron chi connectivity index (χ0n) is 13.5. The maximum Gasteiger partial charge on any atom is 0.323 e. The molecule has 1 aromatic carbocycles. The van der Waals surface area contributed by atoms with Gasteiger partial charge in [-0.1, -0.05) is 32.9 Å². The first kappa shape index (κ1) is 18.1. The van der Waals surface area contributed by atoms with Crippen LogP contribution in [0.1, 0.15) is 45.6 Å². The van der Waals surface area contributed by atoms with E-state index in [9.17, 15) is 4.79 Å². The van der Waals surface area contributed by atoms with Crippen molar-refractivity contribution in [3.05, 3.63) is 29.8 Å². The van der Waals surface area contributed by atoms with E-state index in [2.05, 4.69) is 50.4 Å². The van der Waals surface area contributed by atoms with Crippen molar-refractivity contribution < 1.29 is 9.53 Å². The molecular weight excluding hydrogens is 282 g/mol. The highest BCUT2D eigenvalue weighted by Gasteiger charge is 2.19. The topological polar surface area (TPSA) is 38.3 Å². The maximum absolute atomic E-state index is 11.9. The third-order valence-electron chi connectivity index (χ3n) is 3.18. The van der Waals surface area contributed by atoms with E-state index in [1.807, 2.05) is 6.92 Å². The SMILES string of the molecule is CCCNC(CSc1ccc(C(C)C)cc1)C(=O)OCC. The fraction of sp³-hybridized carbons (Fsp3) is 0.588. The predicted molar refractivity (Wildman–Crippen MR) is 90.0 cm³/mol. The summed E-state index contributed by atoms with van der Waals surface area (Å²) in [5.41, 5.74) is 1.34. The summed E-state index contributed by atoms with van der Waals surface area (Å²) in [5, 5.41) is 3.26. The molecule has 21 heavy (non-hydrogen) atoms. The number of rotatable bonds is 9. The zero-order valence-corrected chi connectivity index (χ0v) is 14.3. The van der Waals surface area contributed by atoms with E-state index in [4.69, 9.17) is 4.74 Å². The molecule has 1 atom stereocenters. The van der Waals surface area contributed by atoms with Crippen LogP contribution >= 0.6 is 11.8 Å². The van der Waals surface area contributed by atoms with Crippen LogP contribution in [0.3, 0.4) is 0 Å². The zero-order chi connectivity index (χ0) is 15.7. The Morgan fingerprint density at radius 1 is 1.24 bits per heavy atom. The van der Waals surface area contributed by atoms with Crippen LogP contribution in [0.15, 0.2) is 29.2 Å². The second-order valence-electron chi connectivity index (χ2n) is 5.29. The molecule has 0 saturated heterocycles. The number of carbonyl (C=O) groups excluding carboxylic acids is 1. The summed E-state index contributed by atoms with van der Waals surface area (Å²) in [5.74, 6) is 1.08. The van der Waals surface area contributed by atoms with Crippen molar-refractivity contribution in [2.45, 2.75) is 51.0 Å². The van der Waals surface area contributed by atoms with Gasteiger partial charge in [0.1, 0.15) is 6.04 Å². The van der Waals surface area contributed by atoms with Crippen molar-refractivity contribution >= 4 is 17.7 Å². The van der Waals surface area contributed by atoms with E-state index in [1.54, 1.807) is 11.8 Å². The minimum absolute atomic E-state index is 0.155. The lowest BCUT2D eigenvalue weighted by atomic mass is 10.0. The second-order valence-corrected chi connectivity index (χ2v) is 6.39. The third kappa shape index (κ3) is 6.53. The Morgan fingerprint density at radius 2 is 1.90 bits per heavy atom. The van der Waals surface area contributed by atoms with E-state index in [0.29, 0.717) is 18.3 Å². The van der Waals surface area contributed by atoms with Crippen molar-refractivity contribution in [1.29, 1.82) is 0 Å². The number of benzene rings is 1. The Labute approximate surface area is 132 Å². The van der Waals surface area contributed by atoms with Gasteiger partial charge in [-0.25, -0.2) is 0 Å². The Kier molecular flexibility index (Phi) is 8.47. The van der Waals surface area contributed by atoms with Crippen molar-refractivity contribution in [2.75, 3.05) is 18.9 Å². The fourth-order valence-electron chi connectivity index (χ4n) is 1.90. The molecule has 0 radical (unpaired) electrons. The highest BCUT2D eigenvalue weighted by Crippen LogP contribution is 2.22. The number of nitrogens with one attached hydrogen (secondary N) is 1. The minimum atomic E-state index is -0.236. The van der Waals surface area contributed by atoms with Gasteiger partial charge in [0.05, 0.1) is 6.61 Å². The molecule has 0 fully saturated rings. The van der Waals surface area contributed by atoms with Crippen LogP contribution in [0, 0.1) is 0 Å². The molecule has 4 heteroatoms. The summed E-state index contributed by atoms with van der Waals surface area (Å²) in [6, 6.07) is 8.33. The van der Waals surface area contributed by atoms with Crippen LogP contribution in [0.2, 0.25) is 0 Å². The van der Waals surface area contributed by atoms with Crippen molar-refractivity contribution in [1.82, 2.24) is 5.32 Å². The summed E-state index contributed by atoms with van der Waals surface area (Å²) in [6.45, 7) is 9.56. The smallest absolute Gasteiger partial charge is 0.323 e. The van der Waals surface area contributed by atoms with Crippen LogP contribution in [0.25, 0.3) is 0 Å². The first-order valence-corrected chi connectivity index (χ1v) is 8.69. The molecule has 0 aromatic heterocycles. The minimum Gasteiger partial charge on any atom is -0.465 e. The van der Waals surface area contributed by atoms with E-state index >= 15 is 0 Å².